The van der Waals surface area contributed by atoms with Crippen LogP contribution in [0.15, 0.2) is 17.0 Å². The molecule has 0 spiro atoms. The molecular weight excluding hydrogens is 304 g/mol. The lowest BCUT2D eigenvalue weighted by Crippen LogP contribution is -2.34. The van der Waals surface area contributed by atoms with E-state index in [4.69, 9.17) is 5.11 Å². The first-order valence-corrected chi connectivity index (χ1v) is 7.82. The second kappa shape index (κ2) is 5.34. The Labute approximate surface area is 121 Å². The van der Waals surface area contributed by atoms with Gasteiger partial charge >= 0.3 is 5.97 Å². The second-order valence-corrected chi connectivity index (χ2v) is 7.20. The fourth-order valence-corrected chi connectivity index (χ4v) is 4.46. The van der Waals surface area contributed by atoms with E-state index in [0.29, 0.717) is 18.6 Å². The standard InChI is InChI=1S/C13H15F2NO4S/c1-7-3-8(2)16(6-7)21(19,20)11-5-9(13(17)18)4-10(14)12(11)15/h4-5,7-8H,3,6H2,1-2H3,(H,17,18). The van der Waals surface area contributed by atoms with Gasteiger partial charge in [-0.15, -0.1) is 0 Å². The molecule has 1 N–H and O–H groups in total. The van der Waals surface area contributed by atoms with Crippen LogP contribution in [0.2, 0.25) is 0 Å². The van der Waals surface area contributed by atoms with E-state index in [-0.39, 0.29) is 18.5 Å². The highest BCUT2D eigenvalue weighted by Crippen LogP contribution is 2.31. The molecule has 8 heteroatoms. The van der Waals surface area contributed by atoms with Crippen molar-refractivity contribution < 1.29 is 27.1 Å². The number of sulfonamides is 1. The lowest BCUT2D eigenvalue weighted by atomic mass is 10.1. The van der Waals surface area contributed by atoms with E-state index < -0.39 is 38.1 Å². The fraction of sp³-hybridized carbons (Fsp3) is 0.462. The Morgan fingerprint density at radius 2 is 1.95 bits per heavy atom. The number of aromatic carboxylic acids is 1. The molecule has 21 heavy (non-hydrogen) atoms. The average Bonchev–Trinajstić information content (AvgIpc) is 2.71. The highest BCUT2D eigenvalue weighted by Gasteiger charge is 2.38. The molecule has 0 amide bonds. The largest absolute Gasteiger partial charge is 0.478 e. The van der Waals surface area contributed by atoms with E-state index >= 15 is 0 Å². The van der Waals surface area contributed by atoms with E-state index in [9.17, 15) is 22.0 Å². The Kier molecular flexibility index (Phi) is 4.03. The lowest BCUT2D eigenvalue weighted by Gasteiger charge is -2.21. The number of carbonyl (C=O) groups is 1. The third-order valence-electron chi connectivity index (χ3n) is 3.56. The summed E-state index contributed by atoms with van der Waals surface area (Å²) in [7, 11) is -4.27. The summed E-state index contributed by atoms with van der Waals surface area (Å²) in [6, 6.07) is 0.777. The van der Waals surface area contributed by atoms with Gasteiger partial charge in [0.1, 0.15) is 4.90 Å². The number of nitrogens with zero attached hydrogens (tertiary/aromatic N) is 1. The summed E-state index contributed by atoms with van der Waals surface area (Å²) >= 11 is 0. The van der Waals surface area contributed by atoms with Crippen LogP contribution in [0.4, 0.5) is 8.78 Å². The highest BCUT2D eigenvalue weighted by molar-refractivity contribution is 7.89. The fourth-order valence-electron chi connectivity index (χ4n) is 2.60. The average molecular weight is 319 g/mol. The molecular formula is C13H15F2NO4S. The maximum atomic E-state index is 13.8. The van der Waals surface area contributed by atoms with Crippen LogP contribution in [0.3, 0.4) is 0 Å². The van der Waals surface area contributed by atoms with Crippen molar-refractivity contribution in [2.75, 3.05) is 6.54 Å². The van der Waals surface area contributed by atoms with Crippen molar-refractivity contribution in [2.24, 2.45) is 5.92 Å². The smallest absolute Gasteiger partial charge is 0.335 e. The van der Waals surface area contributed by atoms with Crippen molar-refractivity contribution in [1.29, 1.82) is 0 Å². The minimum absolute atomic E-state index is 0.102. The summed E-state index contributed by atoms with van der Waals surface area (Å²) < 4.78 is 53.3. The Balaban J connectivity index is 2.57. The third kappa shape index (κ3) is 2.77. The molecule has 0 saturated carbocycles. The molecule has 1 aromatic carbocycles. The van der Waals surface area contributed by atoms with Crippen LogP contribution in [0, 0.1) is 17.6 Å². The van der Waals surface area contributed by atoms with Gasteiger partial charge in [-0.3, -0.25) is 0 Å². The topological polar surface area (TPSA) is 74.7 Å². The van der Waals surface area contributed by atoms with Crippen LogP contribution < -0.4 is 0 Å². The minimum Gasteiger partial charge on any atom is -0.478 e. The molecule has 1 heterocycles. The molecule has 1 aliphatic rings. The Morgan fingerprint density at radius 3 is 2.43 bits per heavy atom. The van der Waals surface area contributed by atoms with Gasteiger partial charge in [-0.2, -0.15) is 4.31 Å². The van der Waals surface area contributed by atoms with Gasteiger partial charge in [0.15, 0.2) is 11.6 Å². The van der Waals surface area contributed by atoms with Crippen LogP contribution in [0.1, 0.15) is 30.6 Å². The van der Waals surface area contributed by atoms with Crippen LogP contribution >= 0.6 is 0 Å². The molecule has 0 radical (unpaired) electrons. The van der Waals surface area contributed by atoms with E-state index in [0.717, 1.165) is 4.31 Å². The zero-order chi connectivity index (χ0) is 15.9. The zero-order valence-electron chi connectivity index (χ0n) is 11.5. The number of halogens is 2. The van der Waals surface area contributed by atoms with E-state index in [1.165, 1.54) is 0 Å². The molecule has 0 aliphatic carbocycles. The molecule has 1 aromatic rings. The molecule has 116 valence electrons. The number of carboxylic acids is 1. The second-order valence-electron chi connectivity index (χ2n) is 5.34. The number of carboxylic acid groups (broad SMARTS) is 1. The van der Waals surface area contributed by atoms with Crippen molar-refractivity contribution in [3.8, 4) is 0 Å². The van der Waals surface area contributed by atoms with Gasteiger partial charge in [0.05, 0.1) is 5.56 Å². The predicted molar refractivity (Wildman–Crippen MR) is 70.5 cm³/mol. The molecule has 1 aliphatic heterocycles. The minimum atomic E-state index is -4.27. The van der Waals surface area contributed by atoms with Crippen molar-refractivity contribution in [3.63, 3.8) is 0 Å². The van der Waals surface area contributed by atoms with E-state index in [1.807, 2.05) is 6.92 Å². The van der Waals surface area contributed by atoms with Gasteiger partial charge < -0.3 is 5.11 Å². The lowest BCUT2D eigenvalue weighted by molar-refractivity contribution is 0.0696. The number of hydrogen-bond acceptors (Lipinski definition) is 3. The van der Waals surface area contributed by atoms with Crippen LogP contribution in [0.25, 0.3) is 0 Å². The quantitative estimate of drug-likeness (QED) is 0.925. The molecule has 5 nitrogen and oxygen atoms in total. The Morgan fingerprint density at radius 1 is 1.33 bits per heavy atom. The summed E-state index contributed by atoms with van der Waals surface area (Å²) in [5.74, 6) is -4.46. The molecule has 1 saturated heterocycles. The SMILES string of the molecule is CC1CC(C)N(S(=O)(=O)c2cc(C(=O)O)cc(F)c2F)C1. The molecule has 2 rings (SSSR count). The third-order valence-corrected chi connectivity index (χ3v) is 5.53. The number of benzene rings is 1. The zero-order valence-corrected chi connectivity index (χ0v) is 12.3. The molecule has 0 bridgehead atoms. The van der Waals surface area contributed by atoms with Crippen molar-refractivity contribution >= 4 is 16.0 Å². The Hall–Kier alpha value is -1.54. The van der Waals surface area contributed by atoms with Gasteiger partial charge in [-0.05, 0) is 31.4 Å². The summed E-state index contributed by atoms with van der Waals surface area (Å²) in [5, 5.41) is 8.85. The van der Waals surface area contributed by atoms with Gasteiger partial charge in [0.25, 0.3) is 0 Å². The van der Waals surface area contributed by atoms with Gasteiger partial charge in [0.2, 0.25) is 10.0 Å². The van der Waals surface area contributed by atoms with Crippen LogP contribution in [0.5, 0.6) is 0 Å². The summed E-state index contributed by atoms with van der Waals surface area (Å²) in [4.78, 5) is 9.95. The summed E-state index contributed by atoms with van der Waals surface area (Å²) in [6.07, 6.45) is 0.613. The van der Waals surface area contributed by atoms with Crippen LogP contribution in [-0.2, 0) is 10.0 Å². The number of rotatable bonds is 3. The van der Waals surface area contributed by atoms with Gasteiger partial charge in [0, 0.05) is 12.6 Å². The predicted octanol–water partition coefficient (Wildman–Crippen LogP) is 2.08. The monoisotopic (exact) mass is 319 g/mol. The molecule has 1 fully saturated rings. The van der Waals surface area contributed by atoms with Gasteiger partial charge in [-0.25, -0.2) is 22.0 Å². The maximum absolute atomic E-state index is 13.8. The van der Waals surface area contributed by atoms with Crippen molar-refractivity contribution in [1.82, 2.24) is 4.31 Å². The maximum Gasteiger partial charge on any atom is 0.335 e. The normalized spacial score (nSPS) is 23.4. The summed E-state index contributed by atoms with van der Waals surface area (Å²) in [6.45, 7) is 3.73. The summed E-state index contributed by atoms with van der Waals surface area (Å²) in [5.41, 5.74) is -0.604. The molecule has 2 unspecified atom stereocenters. The van der Waals surface area contributed by atoms with Crippen LogP contribution in [-0.4, -0.2) is 36.4 Å². The van der Waals surface area contributed by atoms with E-state index in [2.05, 4.69) is 0 Å². The first kappa shape index (κ1) is 15.8. The Bertz CT molecular complexity index is 690. The van der Waals surface area contributed by atoms with E-state index in [1.54, 1.807) is 6.92 Å². The highest BCUT2D eigenvalue weighted by atomic mass is 32.2. The molecule has 0 aromatic heterocycles. The number of hydrogen-bond donors (Lipinski definition) is 1. The van der Waals surface area contributed by atoms with Gasteiger partial charge in [-0.1, -0.05) is 6.92 Å². The first-order chi connectivity index (χ1) is 9.64. The van der Waals surface area contributed by atoms with Crippen molar-refractivity contribution in [2.45, 2.75) is 31.2 Å². The first-order valence-electron chi connectivity index (χ1n) is 6.38. The molecule has 2 atom stereocenters. The van der Waals surface area contributed by atoms with Crippen molar-refractivity contribution in [3.05, 3.63) is 29.3 Å².